The number of nitrogens with one attached hydrogen (secondary N) is 1. The molecule has 0 bridgehead atoms. The van der Waals surface area contributed by atoms with E-state index < -0.39 is 11.7 Å². The summed E-state index contributed by atoms with van der Waals surface area (Å²) in [6, 6.07) is 4.24. The number of halogens is 2. The van der Waals surface area contributed by atoms with Crippen LogP contribution >= 0.6 is 15.9 Å². The Morgan fingerprint density at radius 2 is 2.10 bits per heavy atom. The van der Waals surface area contributed by atoms with Crippen LogP contribution in [0.1, 0.15) is 33.6 Å². The van der Waals surface area contributed by atoms with Crippen LogP contribution in [0.3, 0.4) is 0 Å². The summed E-state index contributed by atoms with van der Waals surface area (Å²) in [6.45, 7) is 5.78. The lowest BCUT2D eigenvalue weighted by Crippen LogP contribution is -2.44. The Balaban J connectivity index is 1.89. The number of hydrogen-bond acceptors (Lipinski definition) is 3. The Morgan fingerprint density at radius 1 is 1.43 bits per heavy atom. The maximum atomic E-state index is 13.0. The Labute approximate surface area is 132 Å². The third-order valence-electron chi connectivity index (χ3n) is 3.02. The lowest BCUT2D eigenvalue weighted by Gasteiger charge is -2.23. The van der Waals surface area contributed by atoms with Crippen molar-refractivity contribution in [1.82, 2.24) is 5.32 Å². The van der Waals surface area contributed by atoms with E-state index in [4.69, 9.17) is 9.47 Å². The van der Waals surface area contributed by atoms with Gasteiger partial charge in [-0.05, 0) is 67.7 Å². The van der Waals surface area contributed by atoms with Gasteiger partial charge in [0.2, 0.25) is 0 Å². The zero-order chi connectivity index (χ0) is 15.7. The Kier molecular flexibility index (Phi) is 4.46. The molecular formula is C15H19BrFNO3. The standard InChI is InChI=1S/C15H19BrFNO3/c1-14(2,3)21-13(19)18-15(6-7-15)9-20-12-5-4-10(17)8-11(12)16/h4-5,8H,6-7,9H2,1-3H3,(H,18,19). The van der Waals surface area contributed by atoms with Gasteiger partial charge < -0.3 is 14.8 Å². The number of carbonyl (C=O) groups is 1. The van der Waals surface area contributed by atoms with Crippen LogP contribution in [0.4, 0.5) is 9.18 Å². The van der Waals surface area contributed by atoms with Crippen molar-refractivity contribution in [3.63, 3.8) is 0 Å². The molecule has 6 heteroatoms. The van der Waals surface area contributed by atoms with Gasteiger partial charge in [-0.25, -0.2) is 9.18 Å². The van der Waals surface area contributed by atoms with Crippen LogP contribution in [0.25, 0.3) is 0 Å². The molecule has 21 heavy (non-hydrogen) atoms. The molecule has 1 aromatic carbocycles. The molecule has 1 fully saturated rings. The van der Waals surface area contributed by atoms with Crippen LogP contribution in [-0.2, 0) is 4.74 Å². The van der Waals surface area contributed by atoms with Gasteiger partial charge in [0.15, 0.2) is 0 Å². The normalized spacial score (nSPS) is 16.2. The first-order chi connectivity index (χ1) is 9.69. The van der Waals surface area contributed by atoms with Gasteiger partial charge in [-0.3, -0.25) is 0 Å². The molecule has 116 valence electrons. The highest BCUT2D eigenvalue weighted by atomic mass is 79.9. The van der Waals surface area contributed by atoms with Crippen molar-refractivity contribution in [3.8, 4) is 5.75 Å². The van der Waals surface area contributed by atoms with Crippen molar-refractivity contribution in [1.29, 1.82) is 0 Å². The summed E-state index contributed by atoms with van der Waals surface area (Å²) in [7, 11) is 0. The van der Waals surface area contributed by atoms with E-state index in [2.05, 4.69) is 21.2 Å². The summed E-state index contributed by atoms with van der Waals surface area (Å²) in [5, 5.41) is 2.85. The lowest BCUT2D eigenvalue weighted by molar-refractivity contribution is 0.0477. The molecule has 1 aliphatic rings. The van der Waals surface area contributed by atoms with Crippen LogP contribution in [0.2, 0.25) is 0 Å². The van der Waals surface area contributed by atoms with Crippen molar-refractivity contribution in [3.05, 3.63) is 28.5 Å². The third kappa shape index (κ3) is 4.88. The molecule has 1 aromatic rings. The summed E-state index contributed by atoms with van der Waals surface area (Å²) in [5.41, 5.74) is -0.906. The van der Waals surface area contributed by atoms with Gasteiger partial charge in [-0.2, -0.15) is 0 Å². The second kappa shape index (κ2) is 5.83. The number of hydrogen-bond donors (Lipinski definition) is 1. The summed E-state index contributed by atoms with van der Waals surface area (Å²) >= 11 is 3.25. The number of rotatable bonds is 4. The first-order valence-electron chi connectivity index (χ1n) is 6.78. The van der Waals surface area contributed by atoms with Gasteiger partial charge in [0.05, 0.1) is 10.0 Å². The molecule has 0 radical (unpaired) electrons. The summed E-state index contributed by atoms with van der Waals surface area (Å²) in [6.07, 6.45) is 1.23. The van der Waals surface area contributed by atoms with Crippen molar-refractivity contribution in [2.75, 3.05) is 6.61 Å². The van der Waals surface area contributed by atoms with E-state index >= 15 is 0 Å². The van der Waals surface area contributed by atoms with Crippen molar-refractivity contribution in [2.24, 2.45) is 0 Å². The van der Waals surface area contributed by atoms with E-state index in [0.717, 1.165) is 12.8 Å². The van der Waals surface area contributed by atoms with Crippen molar-refractivity contribution in [2.45, 2.75) is 44.8 Å². The number of benzene rings is 1. The largest absolute Gasteiger partial charge is 0.490 e. The molecule has 0 unspecified atom stereocenters. The molecule has 4 nitrogen and oxygen atoms in total. The molecule has 2 rings (SSSR count). The monoisotopic (exact) mass is 359 g/mol. The predicted octanol–water partition coefficient (Wildman–Crippen LogP) is 4.02. The minimum atomic E-state index is -0.527. The Hall–Kier alpha value is -1.30. The molecule has 0 atom stereocenters. The van der Waals surface area contributed by atoms with Gasteiger partial charge in [0.25, 0.3) is 0 Å². The Morgan fingerprint density at radius 3 is 2.62 bits per heavy atom. The van der Waals surface area contributed by atoms with E-state index in [0.29, 0.717) is 16.8 Å². The van der Waals surface area contributed by atoms with Gasteiger partial charge in [-0.1, -0.05) is 0 Å². The first-order valence-corrected chi connectivity index (χ1v) is 7.57. The second-order valence-electron chi connectivity index (χ2n) is 6.27. The Bertz CT molecular complexity index is 538. The molecule has 0 heterocycles. The number of ether oxygens (including phenoxy) is 2. The fourth-order valence-corrected chi connectivity index (χ4v) is 2.25. The fourth-order valence-electron chi connectivity index (χ4n) is 1.78. The minimum Gasteiger partial charge on any atom is -0.490 e. The average Bonchev–Trinajstić information content (AvgIpc) is 3.05. The van der Waals surface area contributed by atoms with E-state index in [-0.39, 0.29) is 11.4 Å². The highest BCUT2D eigenvalue weighted by Gasteiger charge is 2.46. The van der Waals surface area contributed by atoms with Crippen molar-refractivity contribution < 1.29 is 18.7 Å². The molecule has 1 saturated carbocycles. The van der Waals surface area contributed by atoms with Gasteiger partial charge in [-0.15, -0.1) is 0 Å². The van der Waals surface area contributed by atoms with E-state index in [1.807, 2.05) is 20.8 Å². The van der Waals surface area contributed by atoms with Crippen LogP contribution in [0.5, 0.6) is 5.75 Å². The third-order valence-corrected chi connectivity index (χ3v) is 3.64. The quantitative estimate of drug-likeness (QED) is 0.882. The summed E-state index contributed by atoms with van der Waals surface area (Å²) in [5.74, 6) is 0.218. The molecule has 0 saturated heterocycles. The zero-order valence-corrected chi connectivity index (χ0v) is 13.9. The SMILES string of the molecule is CC(C)(C)OC(=O)NC1(COc2ccc(F)cc2Br)CC1. The molecule has 1 amide bonds. The van der Waals surface area contributed by atoms with E-state index in [1.165, 1.54) is 12.1 Å². The van der Waals surface area contributed by atoms with Gasteiger partial charge in [0.1, 0.15) is 23.8 Å². The highest BCUT2D eigenvalue weighted by Crippen LogP contribution is 2.37. The molecule has 0 aromatic heterocycles. The van der Waals surface area contributed by atoms with Crippen LogP contribution in [-0.4, -0.2) is 23.8 Å². The maximum Gasteiger partial charge on any atom is 0.408 e. The van der Waals surface area contributed by atoms with Crippen molar-refractivity contribution >= 4 is 22.0 Å². The number of carbonyl (C=O) groups excluding carboxylic acids is 1. The molecule has 0 aliphatic heterocycles. The second-order valence-corrected chi connectivity index (χ2v) is 7.12. The minimum absolute atomic E-state index is 0.330. The number of alkyl carbamates (subject to hydrolysis) is 1. The molecule has 0 spiro atoms. The topological polar surface area (TPSA) is 47.6 Å². The fraction of sp³-hybridized carbons (Fsp3) is 0.533. The maximum absolute atomic E-state index is 13.0. The number of amides is 1. The van der Waals surface area contributed by atoms with Crippen LogP contribution in [0.15, 0.2) is 22.7 Å². The predicted molar refractivity (Wildman–Crippen MR) is 80.9 cm³/mol. The van der Waals surface area contributed by atoms with E-state index in [1.54, 1.807) is 6.07 Å². The molecule has 1 N–H and O–H groups in total. The van der Waals surface area contributed by atoms with Crippen LogP contribution in [0, 0.1) is 5.82 Å². The first kappa shape index (κ1) is 16.1. The summed E-state index contributed by atoms with van der Waals surface area (Å²) in [4.78, 5) is 11.8. The average molecular weight is 360 g/mol. The van der Waals surface area contributed by atoms with Gasteiger partial charge >= 0.3 is 6.09 Å². The smallest absolute Gasteiger partial charge is 0.408 e. The molecule has 1 aliphatic carbocycles. The molecular weight excluding hydrogens is 341 g/mol. The zero-order valence-electron chi connectivity index (χ0n) is 12.3. The van der Waals surface area contributed by atoms with E-state index in [9.17, 15) is 9.18 Å². The van der Waals surface area contributed by atoms with Gasteiger partial charge in [0, 0.05) is 0 Å². The van der Waals surface area contributed by atoms with Crippen LogP contribution < -0.4 is 10.1 Å². The highest BCUT2D eigenvalue weighted by molar-refractivity contribution is 9.10. The lowest BCUT2D eigenvalue weighted by atomic mass is 10.2. The summed E-state index contributed by atoms with van der Waals surface area (Å²) < 4.78 is 24.5.